The van der Waals surface area contributed by atoms with E-state index in [1.807, 2.05) is 18.2 Å². The molecule has 2 fully saturated rings. The average molecular weight is 484 g/mol. The molecular formula is C26H27ClFN3O3. The molecule has 2 aliphatic carbocycles. The maximum Gasteiger partial charge on any atom is 0.262 e. The van der Waals surface area contributed by atoms with Gasteiger partial charge in [0.15, 0.2) is 11.5 Å². The minimum Gasteiger partial charge on any atom is -0.490 e. The van der Waals surface area contributed by atoms with Crippen molar-refractivity contribution < 1.29 is 18.7 Å². The van der Waals surface area contributed by atoms with Gasteiger partial charge in [-0.1, -0.05) is 17.7 Å². The van der Waals surface area contributed by atoms with Crippen molar-refractivity contribution in [2.24, 2.45) is 22.6 Å². The lowest BCUT2D eigenvalue weighted by atomic mass is 9.66. The van der Waals surface area contributed by atoms with Gasteiger partial charge >= 0.3 is 0 Å². The molecule has 2 aliphatic heterocycles. The number of nitrogens with zero attached hydrogens (tertiary/aromatic N) is 2. The predicted octanol–water partition coefficient (Wildman–Crippen LogP) is 4.48. The van der Waals surface area contributed by atoms with Gasteiger partial charge < -0.3 is 15.2 Å². The molecule has 4 aliphatic rings. The fourth-order valence-electron chi connectivity index (χ4n) is 5.68. The number of likely N-dealkylation sites (N-methyl/N-ethyl adjacent to an activating group) is 1. The molecule has 2 heterocycles. The SMILES string of the molecule is CN1C(=O)C2(N=C1N)c1cc(-c3cc(F)cc(Cl)c3)ccc1OC1CC(OCC3CC3)CCC12. The van der Waals surface area contributed by atoms with Crippen LogP contribution >= 0.6 is 11.6 Å². The summed E-state index contributed by atoms with van der Waals surface area (Å²) in [6.45, 7) is 0.802. The molecule has 1 spiro atoms. The third-order valence-electron chi connectivity index (χ3n) is 7.67. The van der Waals surface area contributed by atoms with Gasteiger partial charge in [0.2, 0.25) is 0 Å². The summed E-state index contributed by atoms with van der Waals surface area (Å²) in [7, 11) is 1.65. The molecule has 2 aromatic rings. The third-order valence-corrected chi connectivity index (χ3v) is 7.89. The molecule has 6 nitrogen and oxygen atoms in total. The number of aliphatic imine (C=N–C) groups is 1. The number of guanidine groups is 1. The highest BCUT2D eigenvalue weighted by molar-refractivity contribution is 6.30. The Morgan fingerprint density at radius 1 is 1.21 bits per heavy atom. The van der Waals surface area contributed by atoms with Gasteiger partial charge in [-0.05, 0) is 73.1 Å². The number of amides is 1. The molecule has 2 aromatic carbocycles. The molecule has 1 amide bonds. The topological polar surface area (TPSA) is 77.2 Å². The molecule has 6 rings (SSSR count). The minimum atomic E-state index is -1.16. The van der Waals surface area contributed by atoms with E-state index in [-0.39, 0.29) is 30.0 Å². The summed E-state index contributed by atoms with van der Waals surface area (Å²) in [6, 6.07) is 9.97. The number of carbonyl (C=O) groups is 1. The number of benzene rings is 2. The molecule has 2 saturated carbocycles. The minimum absolute atomic E-state index is 0.115. The molecular weight excluding hydrogens is 457 g/mol. The standard InChI is InChI=1S/C26H27ClFN3O3/c1-31-24(32)26(30-25(31)29)20-6-5-19(33-13-14-2-3-14)12-23(20)34-22-7-4-15(10-21(22)26)16-8-17(27)11-18(28)9-16/h4,7-11,14,19-20,23H,2-3,5-6,12-13H2,1H3,(H2,29,30). The number of halogens is 2. The molecule has 0 aromatic heterocycles. The van der Waals surface area contributed by atoms with Crippen molar-refractivity contribution in [2.45, 2.75) is 49.9 Å². The number of hydrogen-bond donors (Lipinski definition) is 1. The van der Waals surface area contributed by atoms with Crippen LogP contribution in [0.2, 0.25) is 5.02 Å². The largest absolute Gasteiger partial charge is 0.490 e. The van der Waals surface area contributed by atoms with Crippen molar-refractivity contribution in [1.29, 1.82) is 0 Å². The van der Waals surface area contributed by atoms with Gasteiger partial charge in [0, 0.05) is 36.6 Å². The van der Waals surface area contributed by atoms with E-state index in [0.717, 1.165) is 25.0 Å². The lowest BCUT2D eigenvalue weighted by Crippen LogP contribution is -2.55. The van der Waals surface area contributed by atoms with Crippen LogP contribution in [0.25, 0.3) is 11.1 Å². The van der Waals surface area contributed by atoms with E-state index >= 15 is 0 Å². The van der Waals surface area contributed by atoms with Gasteiger partial charge in [0.25, 0.3) is 5.91 Å². The second-order valence-electron chi connectivity index (χ2n) is 9.94. The van der Waals surface area contributed by atoms with Crippen LogP contribution in [0.4, 0.5) is 4.39 Å². The van der Waals surface area contributed by atoms with E-state index < -0.39 is 11.4 Å². The summed E-state index contributed by atoms with van der Waals surface area (Å²) in [6.07, 6.45) is 4.72. The maximum atomic E-state index is 14.1. The average Bonchev–Trinajstić information content (AvgIpc) is 3.61. The fourth-order valence-corrected chi connectivity index (χ4v) is 5.90. The van der Waals surface area contributed by atoms with Crippen LogP contribution in [0.15, 0.2) is 41.4 Å². The molecule has 4 unspecified atom stereocenters. The summed E-state index contributed by atoms with van der Waals surface area (Å²) in [5.74, 6) is 0.758. The molecule has 34 heavy (non-hydrogen) atoms. The Labute approximate surface area is 202 Å². The van der Waals surface area contributed by atoms with Crippen molar-refractivity contribution in [3.05, 3.63) is 52.8 Å². The van der Waals surface area contributed by atoms with E-state index in [0.29, 0.717) is 34.2 Å². The maximum absolute atomic E-state index is 14.1. The van der Waals surface area contributed by atoms with Gasteiger partial charge in [0.1, 0.15) is 17.7 Å². The molecule has 0 radical (unpaired) electrons. The lowest BCUT2D eigenvalue weighted by molar-refractivity contribution is -0.139. The molecule has 0 saturated heterocycles. The molecule has 4 atom stereocenters. The molecule has 8 heteroatoms. The van der Waals surface area contributed by atoms with Crippen molar-refractivity contribution in [1.82, 2.24) is 4.90 Å². The lowest BCUT2D eigenvalue weighted by Gasteiger charge is -2.47. The Balaban J connectivity index is 1.42. The van der Waals surface area contributed by atoms with Gasteiger partial charge in [-0.2, -0.15) is 0 Å². The number of hydrogen-bond acceptors (Lipinski definition) is 5. The second-order valence-corrected chi connectivity index (χ2v) is 10.4. The Morgan fingerprint density at radius 2 is 2.03 bits per heavy atom. The summed E-state index contributed by atoms with van der Waals surface area (Å²) in [5.41, 5.74) is 7.05. The smallest absolute Gasteiger partial charge is 0.262 e. The highest BCUT2D eigenvalue weighted by Gasteiger charge is 2.61. The molecule has 178 valence electrons. The Kier molecular flexibility index (Phi) is 5.12. The first-order chi connectivity index (χ1) is 16.3. The van der Waals surface area contributed by atoms with E-state index in [1.54, 1.807) is 13.1 Å². The fraction of sp³-hybridized carbons (Fsp3) is 0.462. The highest BCUT2D eigenvalue weighted by atomic mass is 35.5. The summed E-state index contributed by atoms with van der Waals surface area (Å²) >= 11 is 6.10. The number of rotatable bonds is 4. The van der Waals surface area contributed by atoms with Crippen molar-refractivity contribution in [3.63, 3.8) is 0 Å². The number of ether oxygens (including phenoxy) is 2. The van der Waals surface area contributed by atoms with Gasteiger partial charge in [-0.25, -0.2) is 9.38 Å². The van der Waals surface area contributed by atoms with Crippen LogP contribution in [0, 0.1) is 17.7 Å². The first-order valence-electron chi connectivity index (χ1n) is 11.9. The highest BCUT2D eigenvalue weighted by Crippen LogP contribution is 2.54. The van der Waals surface area contributed by atoms with Crippen LogP contribution in [0.1, 0.15) is 37.7 Å². The molecule has 2 N–H and O–H groups in total. The summed E-state index contributed by atoms with van der Waals surface area (Å²) in [4.78, 5) is 20.0. The quantitative estimate of drug-likeness (QED) is 0.695. The van der Waals surface area contributed by atoms with Crippen LogP contribution < -0.4 is 10.5 Å². The van der Waals surface area contributed by atoms with Crippen LogP contribution in [0.5, 0.6) is 5.75 Å². The van der Waals surface area contributed by atoms with Gasteiger partial charge in [-0.15, -0.1) is 0 Å². The van der Waals surface area contributed by atoms with Crippen LogP contribution in [0.3, 0.4) is 0 Å². The van der Waals surface area contributed by atoms with E-state index in [4.69, 9.17) is 31.8 Å². The first kappa shape index (κ1) is 21.9. The molecule has 0 bridgehead atoms. The Bertz CT molecular complexity index is 1180. The summed E-state index contributed by atoms with van der Waals surface area (Å²) < 4.78 is 26.7. The zero-order chi connectivity index (χ0) is 23.6. The van der Waals surface area contributed by atoms with Crippen molar-refractivity contribution in [3.8, 4) is 16.9 Å². The van der Waals surface area contributed by atoms with E-state index in [2.05, 4.69) is 0 Å². The third kappa shape index (κ3) is 3.48. The van der Waals surface area contributed by atoms with Crippen molar-refractivity contribution in [2.75, 3.05) is 13.7 Å². The van der Waals surface area contributed by atoms with Crippen molar-refractivity contribution >= 4 is 23.5 Å². The van der Waals surface area contributed by atoms with E-state index in [1.165, 1.54) is 29.9 Å². The normalized spacial score (nSPS) is 30.1. The number of fused-ring (bicyclic) bond motifs is 4. The van der Waals surface area contributed by atoms with Gasteiger partial charge in [0.05, 0.1) is 6.10 Å². The predicted molar refractivity (Wildman–Crippen MR) is 127 cm³/mol. The number of carbonyl (C=O) groups excluding carboxylic acids is 1. The zero-order valence-electron chi connectivity index (χ0n) is 19.0. The Hall–Kier alpha value is -2.64. The summed E-state index contributed by atoms with van der Waals surface area (Å²) in [5, 5.41) is 0.308. The Morgan fingerprint density at radius 3 is 2.74 bits per heavy atom. The number of nitrogens with two attached hydrogens (primary N) is 1. The first-order valence-corrected chi connectivity index (χ1v) is 12.3. The van der Waals surface area contributed by atoms with Crippen LogP contribution in [-0.4, -0.2) is 42.6 Å². The van der Waals surface area contributed by atoms with Crippen LogP contribution in [-0.2, 0) is 15.1 Å². The van der Waals surface area contributed by atoms with Gasteiger partial charge in [-0.3, -0.25) is 9.69 Å². The monoisotopic (exact) mass is 483 g/mol. The van der Waals surface area contributed by atoms with E-state index in [9.17, 15) is 9.18 Å². The zero-order valence-corrected chi connectivity index (χ0v) is 19.7. The second kappa shape index (κ2) is 7.95.